The summed E-state index contributed by atoms with van der Waals surface area (Å²) in [5.74, 6) is 0.260. The van der Waals surface area contributed by atoms with Crippen molar-refractivity contribution in [3.05, 3.63) is 84.2 Å². The van der Waals surface area contributed by atoms with Crippen molar-refractivity contribution in [3.8, 4) is 11.5 Å². The first-order valence-electron chi connectivity index (χ1n) is 8.53. The second-order valence-electron chi connectivity index (χ2n) is 6.05. The lowest BCUT2D eigenvalue weighted by atomic mass is 10.1. The number of aromatic nitrogens is 2. The fourth-order valence-corrected chi connectivity index (χ4v) is 2.79. The van der Waals surface area contributed by atoms with Gasteiger partial charge in [-0.05, 0) is 36.4 Å². The summed E-state index contributed by atoms with van der Waals surface area (Å²) >= 11 is 0. The number of H-pyrrole nitrogens is 1. The fraction of sp³-hybridized carbons (Fsp3) is 0. The Bertz CT molecular complexity index is 1170. The minimum atomic E-state index is -0.687. The number of fused-ring (bicyclic) bond motifs is 1. The Labute approximate surface area is 160 Å². The molecule has 0 atom stereocenters. The normalized spacial score (nSPS) is 10.6. The maximum atomic E-state index is 12.8. The molecule has 0 spiro atoms. The average Bonchev–Trinajstić information content (AvgIpc) is 3.14. The van der Waals surface area contributed by atoms with Gasteiger partial charge in [-0.1, -0.05) is 30.3 Å². The zero-order chi connectivity index (χ0) is 19.5. The molecule has 0 aliphatic carbocycles. The highest BCUT2D eigenvalue weighted by Gasteiger charge is 2.16. The Morgan fingerprint density at radius 2 is 1.68 bits per heavy atom. The molecule has 0 bridgehead atoms. The Morgan fingerprint density at radius 1 is 0.929 bits per heavy atom. The van der Waals surface area contributed by atoms with Gasteiger partial charge in [-0.25, -0.2) is 4.98 Å². The van der Waals surface area contributed by atoms with Gasteiger partial charge in [0, 0.05) is 11.8 Å². The number of anilines is 1. The minimum absolute atomic E-state index is 0.00788. The third-order valence-electron chi connectivity index (χ3n) is 4.06. The van der Waals surface area contributed by atoms with Crippen LogP contribution in [0.25, 0.3) is 11.0 Å². The average molecular weight is 372 g/mol. The lowest BCUT2D eigenvalue weighted by Crippen LogP contribution is -2.13. The smallest absolute Gasteiger partial charge is 0.284 e. The highest BCUT2D eigenvalue weighted by Crippen LogP contribution is 2.25. The number of hydrogen-bond donors (Lipinski definition) is 3. The molecule has 0 saturated heterocycles. The van der Waals surface area contributed by atoms with Crippen LogP contribution in [0.2, 0.25) is 0 Å². The van der Waals surface area contributed by atoms with Crippen molar-refractivity contribution < 1.29 is 14.3 Å². The standard InChI is InChI=1S/C21H16N4O3/c22-19(26)20-24-17-11-5-10-16(18(17)25-20)21(27)23-13-6-4-9-15(12-13)28-14-7-2-1-3-8-14/h1-12H,(H2,22,26)(H,23,27)(H,24,25). The van der Waals surface area contributed by atoms with E-state index in [4.69, 9.17) is 10.5 Å². The quantitative estimate of drug-likeness (QED) is 0.496. The number of carbonyl (C=O) groups is 2. The number of aromatic amines is 1. The molecule has 1 aromatic heterocycles. The van der Waals surface area contributed by atoms with Gasteiger partial charge < -0.3 is 20.8 Å². The molecule has 2 amide bonds. The van der Waals surface area contributed by atoms with Crippen LogP contribution in [0.5, 0.6) is 11.5 Å². The molecule has 4 rings (SSSR count). The van der Waals surface area contributed by atoms with E-state index in [1.54, 1.807) is 42.5 Å². The van der Waals surface area contributed by atoms with Crippen molar-refractivity contribution in [2.24, 2.45) is 5.73 Å². The lowest BCUT2D eigenvalue weighted by molar-refractivity contribution is 0.0989. The molecule has 0 unspecified atom stereocenters. The number of rotatable bonds is 5. The molecule has 0 aliphatic heterocycles. The van der Waals surface area contributed by atoms with Crippen LogP contribution >= 0.6 is 0 Å². The number of nitrogens with one attached hydrogen (secondary N) is 2. The van der Waals surface area contributed by atoms with Crippen LogP contribution in [0.1, 0.15) is 21.0 Å². The van der Waals surface area contributed by atoms with Crippen LogP contribution in [0, 0.1) is 0 Å². The molecule has 1 heterocycles. The summed E-state index contributed by atoms with van der Waals surface area (Å²) < 4.78 is 5.79. The Hall–Kier alpha value is -4.13. The Morgan fingerprint density at radius 3 is 2.46 bits per heavy atom. The predicted octanol–water partition coefficient (Wildman–Crippen LogP) is 3.71. The van der Waals surface area contributed by atoms with Crippen LogP contribution in [-0.4, -0.2) is 21.8 Å². The SMILES string of the molecule is NC(=O)c1nc2c(C(=O)Nc3cccc(Oc4ccccc4)c3)cccc2[nH]1. The number of imidazole rings is 1. The number of amides is 2. The lowest BCUT2D eigenvalue weighted by Gasteiger charge is -2.09. The summed E-state index contributed by atoms with van der Waals surface area (Å²) in [6, 6.07) is 21.5. The zero-order valence-corrected chi connectivity index (χ0v) is 14.7. The van der Waals surface area contributed by atoms with E-state index in [2.05, 4.69) is 15.3 Å². The molecule has 0 fully saturated rings. The van der Waals surface area contributed by atoms with Crippen molar-refractivity contribution in [2.45, 2.75) is 0 Å². The van der Waals surface area contributed by atoms with E-state index in [0.29, 0.717) is 33.8 Å². The summed E-state index contributed by atoms with van der Waals surface area (Å²) in [6.45, 7) is 0. The summed E-state index contributed by atoms with van der Waals surface area (Å²) in [5, 5.41) is 2.83. The third kappa shape index (κ3) is 3.54. The van der Waals surface area contributed by atoms with Crippen LogP contribution in [0.4, 0.5) is 5.69 Å². The predicted molar refractivity (Wildman–Crippen MR) is 106 cm³/mol. The molecule has 28 heavy (non-hydrogen) atoms. The second kappa shape index (κ2) is 7.24. The van der Waals surface area contributed by atoms with Crippen molar-refractivity contribution in [2.75, 3.05) is 5.32 Å². The van der Waals surface area contributed by atoms with Crippen molar-refractivity contribution >= 4 is 28.5 Å². The molecular weight excluding hydrogens is 356 g/mol. The van der Waals surface area contributed by atoms with Gasteiger partial charge in [0.05, 0.1) is 11.1 Å². The molecule has 7 nitrogen and oxygen atoms in total. The zero-order valence-electron chi connectivity index (χ0n) is 14.7. The Kier molecular flexibility index (Phi) is 4.47. The van der Waals surface area contributed by atoms with Crippen molar-refractivity contribution in [1.82, 2.24) is 9.97 Å². The number of benzene rings is 3. The molecular formula is C21H16N4O3. The maximum absolute atomic E-state index is 12.8. The van der Waals surface area contributed by atoms with Gasteiger partial charge in [0.1, 0.15) is 17.0 Å². The van der Waals surface area contributed by atoms with E-state index in [1.807, 2.05) is 30.3 Å². The molecule has 0 saturated carbocycles. The summed E-state index contributed by atoms with van der Waals surface area (Å²) in [6.07, 6.45) is 0. The summed E-state index contributed by atoms with van der Waals surface area (Å²) in [5.41, 5.74) is 7.10. The van der Waals surface area contributed by atoms with Crippen LogP contribution < -0.4 is 15.8 Å². The fourth-order valence-electron chi connectivity index (χ4n) is 2.79. The van der Waals surface area contributed by atoms with Gasteiger partial charge in [-0.15, -0.1) is 0 Å². The first-order valence-corrected chi connectivity index (χ1v) is 8.53. The van der Waals surface area contributed by atoms with Gasteiger partial charge in [-0.2, -0.15) is 0 Å². The minimum Gasteiger partial charge on any atom is -0.457 e. The summed E-state index contributed by atoms with van der Waals surface area (Å²) in [7, 11) is 0. The Balaban J connectivity index is 1.58. The van der Waals surface area contributed by atoms with E-state index >= 15 is 0 Å². The third-order valence-corrected chi connectivity index (χ3v) is 4.06. The number of primary amides is 1. The molecule has 4 N–H and O–H groups in total. The van der Waals surface area contributed by atoms with Gasteiger partial charge in [0.2, 0.25) is 0 Å². The van der Waals surface area contributed by atoms with Gasteiger partial charge in [0.15, 0.2) is 5.82 Å². The van der Waals surface area contributed by atoms with Crippen LogP contribution in [0.3, 0.4) is 0 Å². The number of nitrogens with zero attached hydrogens (tertiary/aromatic N) is 1. The van der Waals surface area contributed by atoms with Crippen LogP contribution in [0.15, 0.2) is 72.8 Å². The largest absolute Gasteiger partial charge is 0.457 e. The number of carbonyl (C=O) groups excluding carboxylic acids is 2. The highest BCUT2D eigenvalue weighted by atomic mass is 16.5. The molecule has 7 heteroatoms. The van der Waals surface area contributed by atoms with Gasteiger partial charge in [0.25, 0.3) is 11.8 Å². The van der Waals surface area contributed by atoms with E-state index in [1.165, 1.54) is 0 Å². The maximum Gasteiger partial charge on any atom is 0.284 e. The highest BCUT2D eigenvalue weighted by molar-refractivity contribution is 6.12. The number of nitrogens with two attached hydrogens (primary N) is 1. The monoisotopic (exact) mass is 372 g/mol. The molecule has 3 aromatic carbocycles. The number of hydrogen-bond acceptors (Lipinski definition) is 4. The first-order chi connectivity index (χ1) is 13.6. The molecule has 0 aliphatic rings. The number of para-hydroxylation sites is 2. The van der Waals surface area contributed by atoms with E-state index in [-0.39, 0.29) is 11.7 Å². The van der Waals surface area contributed by atoms with Crippen molar-refractivity contribution in [1.29, 1.82) is 0 Å². The van der Waals surface area contributed by atoms with Crippen LogP contribution in [-0.2, 0) is 0 Å². The molecule has 4 aromatic rings. The first kappa shape index (κ1) is 17.3. The van der Waals surface area contributed by atoms with E-state index in [0.717, 1.165) is 0 Å². The molecule has 0 radical (unpaired) electrons. The number of ether oxygens (including phenoxy) is 1. The second-order valence-corrected chi connectivity index (χ2v) is 6.05. The van der Waals surface area contributed by atoms with Crippen molar-refractivity contribution in [3.63, 3.8) is 0 Å². The van der Waals surface area contributed by atoms with Gasteiger partial charge in [-0.3, -0.25) is 9.59 Å². The van der Waals surface area contributed by atoms with E-state index < -0.39 is 5.91 Å². The van der Waals surface area contributed by atoms with E-state index in [9.17, 15) is 9.59 Å². The molecule has 138 valence electrons. The topological polar surface area (TPSA) is 110 Å². The summed E-state index contributed by atoms with van der Waals surface area (Å²) in [4.78, 5) is 31.0. The van der Waals surface area contributed by atoms with Gasteiger partial charge >= 0.3 is 0 Å².